The van der Waals surface area contributed by atoms with Crippen molar-refractivity contribution in [1.29, 1.82) is 0 Å². The molecule has 0 aliphatic carbocycles. The van der Waals surface area contributed by atoms with E-state index in [9.17, 15) is 18.0 Å². The summed E-state index contributed by atoms with van der Waals surface area (Å²) in [6.45, 7) is 0.518. The molecule has 14 nitrogen and oxygen atoms in total. The number of nitrogens with zero attached hydrogens (tertiary/aromatic N) is 2. The average molecular weight is 844 g/mol. The van der Waals surface area contributed by atoms with Crippen LogP contribution in [0.5, 0.6) is 11.5 Å². The summed E-state index contributed by atoms with van der Waals surface area (Å²) < 4.78 is 74.6. The van der Waals surface area contributed by atoms with Gasteiger partial charge in [-0.3, -0.25) is 4.79 Å². The van der Waals surface area contributed by atoms with Gasteiger partial charge < -0.3 is 37.7 Å². The predicted octanol–water partition coefficient (Wildman–Crippen LogP) is 5.42. The monoisotopic (exact) mass is 843 g/mol. The van der Waals surface area contributed by atoms with Crippen LogP contribution in [0.1, 0.15) is 35.8 Å². The number of ether oxygens (including phenoxy) is 5. The lowest BCUT2D eigenvalue weighted by molar-refractivity contribution is -0.0962. The smallest absolute Gasteiger partial charge is 0.330 e. The molecule has 1 N–H and O–H groups in total. The molecule has 4 aromatic carbocycles. The van der Waals surface area contributed by atoms with E-state index in [1.54, 1.807) is 44.6 Å². The molecule has 4 heterocycles. The molecule has 0 bridgehead atoms. The summed E-state index contributed by atoms with van der Waals surface area (Å²) in [4.78, 5) is 29.3. The van der Waals surface area contributed by atoms with E-state index < -0.39 is 65.9 Å². The molecule has 5 aromatic rings. The zero-order valence-electron chi connectivity index (χ0n) is 32.8. The third kappa shape index (κ3) is 8.01. The van der Waals surface area contributed by atoms with Gasteiger partial charge in [-0.1, -0.05) is 72.8 Å². The van der Waals surface area contributed by atoms with E-state index in [1.807, 2.05) is 78.9 Å². The molecule has 0 amide bonds. The van der Waals surface area contributed by atoms with Crippen molar-refractivity contribution < 1.29 is 41.1 Å². The third-order valence-corrected chi connectivity index (χ3v) is 14.7. The highest BCUT2D eigenvalue weighted by Gasteiger charge is 2.55. The number of rotatable bonds is 15. The van der Waals surface area contributed by atoms with Crippen molar-refractivity contribution in [3.8, 4) is 11.5 Å². The first kappa shape index (κ1) is 41.1. The maximum atomic E-state index is 13.6. The van der Waals surface area contributed by atoms with E-state index in [0.29, 0.717) is 18.0 Å². The topological polar surface area (TPSA) is 157 Å². The highest BCUT2D eigenvalue weighted by atomic mass is 32.2. The highest BCUT2D eigenvalue weighted by molar-refractivity contribution is 7.91. The van der Waals surface area contributed by atoms with Gasteiger partial charge in [-0.2, -0.15) is 0 Å². The minimum Gasteiger partial charge on any atom is -0.497 e. The Balaban J connectivity index is 1.18. The molecule has 16 heteroatoms. The Kier molecular flexibility index (Phi) is 12.2. The van der Waals surface area contributed by atoms with Crippen LogP contribution < -0.4 is 20.7 Å². The fourth-order valence-electron chi connectivity index (χ4n) is 8.26. The van der Waals surface area contributed by atoms with Gasteiger partial charge in [0.25, 0.3) is 14.1 Å². The van der Waals surface area contributed by atoms with Crippen molar-refractivity contribution in [2.75, 3.05) is 40.2 Å². The van der Waals surface area contributed by atoms with Crippen molar-refractivity contribution in [3.63, 3.8) is 0 Å². The molecule has 0 radical (unpaired) electrons. The first-order valence-electron chi connectivity index (χ1n) is 19.3. The second-order valence-corrected chi connectivity index (χ2v) is 17.9. The lowest BCUT2D eigenvalue weighted by Crippen LogP contribution is -2.43. The van der Waals surface area contributed by atoms with Crippen molar-refractivity contribution in [1.82, 2.24) is 14.2 Å². The van der Waals surface area contributed by atoms with Gasteiger partial charge in [0.1, 0.15) is 35.4 Å². The zero-order valence-corrected chi connectivity index (χ0v) is 34.5. The van der Waals surface area contributed by atoms with Gasteiger partial charge in [0.15, 0.2) is 16.1 Å². The Morgan fingerprint density at radius 2 is 1.39 bits per heavy atom. The fraction of sp³-hybridized carbons (Fsp3) is 0.349. The number of H-pyrrole nitrogens is 1. The van der Waals surface area contributed by atoms with Gasteiger partial charge in [-0.25, -0.2) is 22.4 Å². The minimum atomic E-state index is -3.68. The van der Waals surface area contributed by atoms with Gasteiger partial charge >= 0.3 is 5.69 Å². The second-order valence-electron chi connectivity index (χ2n) is 14.5. The van der Waals surface area contributed by atoms with Crippen LogP contribution in [0, 0.1) is 0 Å². The van der Waals surface area contributed by atoms with Crippen molar-refractivity contribution in [2.45, 2.75) is 60.0 Å². The summed E-state index contributed by atoms with van der Waals surface area (Å²) in [5.41, 5.74) is -0.134. The lowest BCUT2D eigenvalue weighted by Gasteiger charge is -2.37. The van der Waals surface area contributed by atoms with Gasteiger partial charge in [0.2, 0.25) is 0 Å². The normalized spacial score (nSPS) is 24.6. The largest absolute Gasteiger partial charge is 0.497 e. The zero-order chi connectivity index (χ0) is 41.1. The predicted molar refractivity (Wildman–Crippen MR) is 219 cm³/mol. The Morgan fingerprint density at radius 1 is 0.780 bits per heavy atom. The minimum absolute atomic E-state index is 0.119. The molecule has 0 unspecified atom stereocenters. The number of aromatic amines is 1. The number of hydrogen-bond acceptors (Lipinski definition) is 12. The maximum Gasteiger partial charge on any atom is 0.330 e. The summed E-state index contributed by atoms with van der Waals surface area (Å²) in [6.07, 6.45) is -1.90. The number of hydrogen-bond donors (Lipinski definition) is 1. The van der Waals surface area contributed by atoms with Crippen LogP contribution in [0.3, 0.4) is 0 Å². The average Bonchev–Trinajstić information content (AvgIpc) is 3.97. The molecular formula is C43H46N3O11PS. The fourth-order valence-corrected chi connectivity index (χ4v) is 11.9. The Hall–Kier alpha value is -4.70. The molecule has 8 rings (SSSR count). The number of fused-ring (bicyclic) bond motifs is 1. The first-order chi connectivity index (χ1) is 28.7. The van der Waals surface area contributed by atoms with Crippen molar-refractivity contribution >= 4 is 18.4 Å². The van der Waals surface area contributed by atoms with E-state index in [4.69, 9.17) is 32.7 Å². The summed E-state index contributed by atoms with van der Waals surface area (Å²) >= 11 is 0. The summed E-state index contributed by atoms with van der Waals surface area (Å²) in [5, 5.41) is 0. The number of aromatic nitrogens is 2. The van der Waals surface area contributed by atoms with E-state index in [1.165, 1.54) is 19.4 Å². The van der Waals surface area contributed by atoms with Gasteiger partial charge in [0.05, 0.1) is 37.6 Å². The lowest BCUT2D eigenvalue weighted by atomic mass is 9.80. The Bertz CT molecular complexity index is 2340. The van der Waals surface area contributed by atoms with Crippen LogP contribution in [0.25, 0.3) is 0 Å². The van der Waals surface area contributed by atoms with Crippen LogP contribution in [-0.4, -0.2) is 93.3 Å². The molecule has 0 spiro atoms. The van der Waals surface area contributed by atoms with Crippen LogP contribution in [0.4, 0.5) is 0 Å². The Labute approximate surface area is 343 Å². The third-order valence-electron chi connectivity index (χ3n) is 11.2. The van der Waals surface area contributed by atoms with E-state index in [2.05, 4.69) is 9.65 Å². The summed E-state index contributed by atoms with van der Waals surface area (Å²) in [5.74, 6) is 1.11. The molecule has 1 aromatic heterocycles. The molecule has 59 heavy (non-hydrogen) atoms. The number of sulfone groups is 1. The number of benzene rings is 4. The molecule has 3 aliphatic heterocycles. The first-order valence-corrected chi connectivity index (χ1v) is 22.1. The van der Waals surface area contributed by atoms with Crippen LogP contribution in [-0.2, 0) is 38.7 Å². The van der Waals surface area contributed by atoms with Gasteiger partial charge in [0, 0.05) is 32.0 Å². The highest BCUT2D eigenvalue weighted by Crippen LogP contribution is 2.58. The van der Waals surface area contributed by atoms with E-state index in [0.717, 1.165) is 34.1 Å². The van der Waals surface area contributed by atoms with Crippen molar-refractivity contribution in [3.05, 3.63) is 159 Å². The number of methoxy groups -OCH3 is 3. The molecule has 7 atom stereocenters. The quantitative estimate of drug-likeness (QED) is 0.106. The van der Waals surface area contributed by atoms with Gasteiger partial charge in [-0.15, -0.1) is 0 Å². The molecule has 310 valence electrons. The summed E-state index contributed by atoms with van der Waals surface area (Å²) in [6, 6.07) is 34.4. The van der Waals surface area contributed by atoms with Crippen LogP contribution in [0.15, 0.2) is 136 Å². The molecule has 0 saturated carbocycles. The molecular weight excluding hydrogens is 798 g/mol. The number of nitrogens with one attached hydrogen (secondary N) is 1. The van der Waals surface area contributed by atoms with Crippen molar-refractivity contribution in [2.24, 2.45) is 0 Å². The van der Waals surface area contributed by atoms with Crippen LogP contribution >= 0.6 is 8.53 Å². The van der Waals surface area contributed by atoms with E-state index in [-0.39, 0.29) is 23.3 Å². The maximum absolute atomic E-state index is 13.6. The molecule has 3 aliphatic rings. The molecule has 3 saturated heterocycles. The SMILES string of the molecule is COc1ccc(C(OC[C@H]2O[C@@H](n3c(=O)cc[nH]c3=O)[C@H](OC)[C@@H]2O[P@]2O[C@H](CS(=O)(=O)c3ccccc3)[C@@H]3CCCN32)(c2ccccc2)c2ccc(OC)cc2)cc1. The Morgan fingerprint density at radius 3 is 1.98 bits per heavy atom. The van der Waals surface area contributed by atoms with Gasteiger partial charge in [-0.05, 0) is 65.9 Å². The second kappa shape index (κ2) is 17.5. The van der Waals surface area contributed by atoms with E-state index >= 15 is 0 Å². The van der Waals surface area contributed by atoms with Crippen LogP contribution in [0.2, 0.25) is 0 Å². The standard InChI is InChI=1S/C43H46N3O11PS/c1-51-32-20-16-30(17-21-32)43(29-11-6-4-7-12-29,31-18-22-33(52-2)23-19-31)54-27-36-39(40(53-3)41(55-36)46-38(47)24-25-44-42(46)48)57-58-45-26-10-15-35(45)37(56-58)28-59(49,50)34-13-8-5-9-14-34/h4-9,11-14,16-25,35-37,39-41H,10,15,26-28H2,1-3H3,(H,44,48)/t35-,36+,37+,39+,40+,41+,58-/m0/s1. The summed E-state index contributed by atoms with van der Waals surface area (Å²) in [7, 11) is -0.865. The molecule has 3 fully saturated rings.